The predicted molar refractivity (Wildman–Crippen MR) is 49.6 cm³/mol. The minimum atomic E-state index is -2.73. The number of hydrogen-bond acceptors (Lipinski definition) is 3. The lowest BCUT2D eigenvalue weighted by Gasteiger charge is -2.05. The average molecular weight is 227 g/mol. The number of halogens is 2. The van der Waals surface area contributed by atoms with E-state index in [1.807, 2.05) is 0 Å². The molecule has 0 aromatic carbocycles. The number of rotatable bonds is 2. The first-order chi connectivity index (χ1) is 7.50. The lowest BCUT2D eigenvalue weighted by Crippen LogP contribution is -2.05. The maximum Gasteiger partial charge on any atom is 0.356 e. The summed E-state index contributed by atoms with van der Waals surface area (Å²) in [6, 6.07) is 1.15. The van der Waals surface area contributed by atoms with E-state index in [0.29, 0.717) is 0 Å². The van der Waals surface area contributed by atoms with Gasteiger partial charge in [0, 0.05) is 12.3 Å². The number of aromatic nitrogens is 3. The summed E-state index contributed by atoms with van der Waals surface area (Å²) < 4.78 is 26.3. The average Bonchev–Trinajstić information content (AvgIpc) is 2.60. The Labute approximate surface area is 88.3 Å². The standard InChI is InChI=1S/C9H7F2N3O2/c1-4-3-12-6-2-5(9(15)16)13-14(6)7(4)8(10)11/h2-3,8H,1H3,(H,15,16). The van der Waals surface area contributed by atoms with Gasteiger partial charge in [0.2, 0.25) is 0 Å². The first kappa shape index (κ1) is 10.5. The molecule has 0 aliphatic rings. The lowest BCUT2D eigenvalue weighted by molar-refractivity contribution is 0.0689. The first-order valence-corrected chi connectivity index (χ1v) is 4.37. The summed E-state index contributed by atoms with van der Waals surface area (Å²) in [5.41, 5.74) is -0.279. The van der Waals surface area contributed by atoms with Crippen molar-refractivity contribution in [2.24, 2.45) is 0 Å². The van der Waals surface area contributed by atoms with E-state index in [1.165, 1.54) is 13.1 Å². The van der Waals surface area contributed by atoms with Crippen LogP contribution in [0.25, 0.3) is 5.65 Å². The molecule has 2 aromatic heterocycles. The number of carboxylic acid groups (broad SMARTS) is 1. The molecule has 0 saturated heterocycles. The fourth-order valence-corrected chi connectivity index (χ4v) is 1.41. The Morgan fingerprint density at radius 1 is 1.56 bits per heavy atom. The Kier molecular flexibility index (Phi) is 2.30. The fourth-order valence-electron chi connectivity index (χ4n) is 1.41. The van der Waals surface area contributed by atoms with Gasteiger partial charge in [-0.05, 0) is 12.5 Å². The largest absolute Gasteiger partial charge is 0.476 e. The van der Waals surface area contributed by atoms with Crippen molar-refractivity contribution >= 4 is 11.6 Å². The van der Waals surface area contributed by atoms with Gasteiger partial charge in [0.25, 0.3) is 6.43 Å². The molecule has 84 valence electrons. The highest BCUT2D eigenvalue weighted by Crippen LogP contribution is 2.22. The van der Waals surface area contributed by atoms with E-state index in [-0.39, 0.29) is 22.6 Å². The number of hydrogen-bond donors (Lipinski definition) is 1. The lowest BCUT2D eigenvalue weighted by atomic mass is 10.2. The number of aryl methyl sites for hydroxylation is 1. The van der Waals surface area contributed by atoms with Gasteiger partial charge in [-0.3, -0.25) is 0 Å². The van der Waals surface area contributed by atoms with Crippen LogP contribution in [0.4, 0.5) is 8.78 Å². The minimum absolute atomic E-state index is 0.0956. The molecule has 0 aliphatic carbocycles. The van der Waals surface area contributed by atoms with E-state index >= 15 is 0 Å². The summed E-state index contributed by atoms with van der Waals surface area (Å²) in [6.07, 6.45) is -1.46. The van der Waals surface area contributed by atoms with Crippen molar-refractivity contribution < 1.29 is 18.7 Å². The molecule has 2 aromatic rings. The summed E-state index contributed by atoms with van der Waals surface area (Å²) in [6.45, 7) is 1.47. The van der Waals surface area contributed by atoms with Gasteiger partial charge < -0.3 is 5.11 Å². The molecule has 0 unspecified atom stereocenters. The zero-order valence-corrected chi connectivity index (χ0v) is 8.19. The van der Waals surface area contributed by atoms with Gasteiger partial charge in [-0.25, -0.2) is 23.1 Å². The molecule has 0 spiro atoms. The van der Waals surface area contributed by atoms with Crippen molar-refractivity contribution in [3.63, 3.8) is 0 Å². The van der Waals surface area contributed by atoms with Gasteiger partial charge in [-0.1, -0.05) is 0 Å². The number of fused-ring (bicyclic) bond motifs is 1. The number of carbonyl (C=O) groups is 1. The van der Waals surface area contributed by atoms with Crippen LogP contribution in [0.3, 0.4) is 0 Å². The minimum Gasteiger partial charge on any atom is -0.476 e. The molecule has 1 N–H and O–H groups in total. The predicted octanol–water partition coefficient (Wildman–Crippen LogP) is 1.67. The van der Waals surface area contributed by atoms with Gasteiger partial charge in [0.05, 0.1) is 0 Å². The highest BCUT2D eigenvalue weighted by atomic mass is 19.3. The molecule has 7 heteroatoms. The quantitative estimate of drug-likeness (QED) is 0.847. The third-order valence-electron chi connectivity index (χ3n) is 2.14. The molecule has 0 aliphatic heterocycles. The van der Waals surface area contributed by atoms with E-state index < -0.39 is 12.4 Å². The molecule has 2 heterocycles. The Hall–Kier alpha value is -2.05. The third-order valence-corrected chi connectivity index (χ3v) is 2.14. The van der Waals surface area contributed by atoms with Crippen molar-refractivity contribution in [1.82, 2.24) is 14.6 Å². The van der Waals surface area contributed by atoms with Crippen LogP contribution in [0.2, 0.25) is 0 Å². The molecule has 0 atom stereocenters. The van der Waals surface area contributed by atoms with Crippen molar-refractivity contribution in [1.29, 1.82) is 0 Å². The van der Waals surface area contributed by atoms with Crippen LogP contribution in [0.5, 0.6) is 0 Å². The van der Waals surface area contributed by atoms with Gasteiger partial charge in [-0.15, -0.1) is 0 Å². The summed E-state index contributed by atoms with van der Waals surface area (Å²) in [5, 5.41) is 12.3. The Balaban J connectivity index is 2.76. The molecule has 5 nitrogen and oxygen atoms in total. The topological polar surface area (TPSA) is 67.5 Å². The molecular weight excluding hydrogens is 220 g/mol. The third kappa shape index (κ3) is 1.50. The van der Waals surface area contributed by atoms with Crippen LogP contribution < -0.4 is 0 Å². The van der Waals surface area contributed by atoms with E-state index in [2.05, 4.69) is 10.1 Å². The molecule has 2 rings (SSSR count). The zero-order valence-electron chi connectivity index (χ0n) is 8.19. The van der Waals surface area contributed by atoms with Crippen LogP contribution >= 0.6 is 0 Å². The number of carboxylic acids is 1. The highest BCUT2D eigenvalue weighted by Gasteiger charge is 2.19. The number of alkyl halides is 2. The van der Waals surface area contributed by atoms with E-state index in [0.717, 1.165) is 10.6 Å². The van der Waals surface area contributed by atoms with Gasteiger partial charge in [-0.2, -0.15) is 5.10 Å². The Morgan fingerprint density at radius 2 is 2.25 bits per heavy atom. The first-order valence-electron chi connectivity index (χ1n) is 4.37. The van der Waals surface area contributed by atoms with Crippen LogP contribution in [-0.4, -0.2) is 25.7 Å². The monoisotopic (exact) mass is 227 g/mol. The highest BCUT2D eigenvalue weighted by molar-refractivity contribution is 5.86. The Bertz CT molecular complexity index is 565. The van der Waals surface area contributed by atoms with Crippen molar-refractivity contribution in [3.05, 3.63) is 29.2 Å². The smallest absolute Gasteiger partial charge is 0.356 e. The molecule has 0 fully saturated rings. The molecule has 0 saturated carbocycles. The molecule has 16 heavy (non-hydrogen) atoms. The van der Waals surface area contributed by atoms with Gasteiger partial charge >= 0.3 is 5.97 Å². The molecular formula is C9H7F2N3O2. The van der Waals surface area contributed by atoms with Crippen LogP contribution in [-0.2, 0) is 0 Å². The molecule has 0 bridgehead atoms. The van der Waals surface area contributed by atoms with E-state index in [4.69, 9.17) is 5.11 Å². The summed E-state index contributed by atoms with van der Waals surface area (Å²) in [7, 11) is 0. The molecule has 0 amide bonds. The second-order valence-corrected chi connectivity index (χ2v) is 3.23. The van der Waals surface area contributed by atoms with Gasteiger partial charge in [0.15, 0.2) is 11.3 Å². The van der Waals surface area contributed by atoms with Crippen LogP contribution in [0, 0.1) is 6.92 Å². The van der Waals surface area contributed by atoms with Crippen LogP contribution in [0.1, 0.15) is 28.2 Å². The van der Waals surface area contributed by atoms with E-state index in [9.17, 15) is 13.6 Å². The summed E-state index contributed by atoms with van der Waals surface area (Å²) >= 11 is 0. The van der Waals surface area contributed by atoms with Crippen molar-refractivity contribution in [3.8, 4) is 0 Å². The van der Waals surface area contributed by atoms with Crippen LogP contribution in [0.15, 0.2) is 12.3 Å². The maximum atomic E-state index is 12.7. The van der Waals surface area contributed by atoms with Crippen molar-refractivity contribution in [2.45, 2.75) is 13.3 Å². The second kappa shape index (κ2) is 3.51. The fraction of sp³-hybridized carbons (Fsp3) is 0.222. The summed E-state index contributed by atoms with van der Waals surface area (Å²) in [4.78, 5) is 14.5. The summed E-state index contributed by atoms with van der Waals surface area (Å²) in [5.74, 6) is -1.27. The van der Waals surface area contributed by atoms with Gasteiger partial charge in [0.1, 0.15) is 5.69 Å². The second-order valence-electron chi connectivity index (χ2n) is 3.23. The molecule has 0 radical (unpaired) electrons. The normalized spacial score (nSPS) is 11.2. The number of nitrogens with zero attached hydrogens (tertiary/aromatic N) is 3. The Morgan fingerprint density at radius 3 is 2.81 bits per heavy atom. The SMILES string of the molecule is Cc1cnc2cc(C(=O)O)nn2c1C(F)F. The maximum absolute atomic E-state index is 12.7. The van der Waals surface area contributed by atoms with Crippen molar-refractivity contribution in [2.75, 3.05) is 0 Å². The zero-order chi connectivity index (χ0) is 11.9. The number of aromatic carboxylic acids is 1. The van der Waals surface area contributed by atoms with E-state index in [1.54, 1.807) is 0 Å².